The van der Waals surface area contributed by atoms with Crippen LogP contribution in [0.15, 0.2) is 30.7 Å². The van der Waals surface area contributed by atoms with E-state index in [1.165, 1.54) is 12.4 Å². The molecule has 0 atom stereocenters. The first-order valence-electron chi connectivity index (χ1n) is 11.9. The molecule has 11 heteroatoms. The van der Waals surface area contributed by atoms with Gasteiger partial charge in [-0.15, -0.1) is 5.10 Å². The molecule has 0 radical (unpaired) electrons. The Hall–Kier alpha value is -3.31. The molecule has 35 heavy (non-hydrogen) atoms. The highest BCUT2D eigenvalue weighted by molar-refractivity contribution is 5.90. The summed E-state index contributed by atoms with van der Waals surface area (Å²) < 4.78 is 42.0. The average molecular weight is 484 g/mol. The van der Waals surface area contributed by atoms with E-state index in [9.17, 15) is 8.78 Å². The Bertz CT molecular complexity index is 1360. The monoisotopic (exact) mass is 483 g/mol. The Balaban J connectivity index is 1.29. The number of aromatic nitrogens is 5. The summed E-state index contributed by atoms with van der Waals surface area (Å²) in [7, 11) is 1.56. The lowest BCUT2D eigenvalue weighted by atomic mass is 10.0. The van der Waals surface area contributed by atoms with Crippen molar-refractivity contribution in [3.05, 3.63) is 36.5 Å². The van der Waals surface area contributed by atoms with Gasteiger partial charge in [0.15, 0.2) is 5.82 Å². The molecule has 1 N–H and O–H groups in total. The maximum absolute atomic E-state index is 14.8. The number of hydrogen-bond acceptors (Lipinski definition) is 7. The zero-order valence-corrected chi connectivity index (χ0v) is 19.5. The molecule has 9 nitrogen and oxygen atoms in total. The third kappa shape index (κ3) is 3.98. The summed E-state index contributed by atoms with van der Waals surface area (Å²) in [6.45, 7) is 3.26. The van der Waals surface area contributed by atoms with E-state index in [4.69, 9.17) is 9.47 Å². The molecule has 2 fully saturated rings. The molecule has 2 aliphatic heterocycles. The Morgan fingerprint density at radius 2 is 2.06 bits per heavy atom. The SMILES string of the molecule is COc1nc(NC2CCN(C3COC3)CC2)nn2ccc(-c3cc(F)c4ncn(CCF)c4c3)c12. The Labute approximate surface area is 200 Å². The largest absolute Gasteiger partial charge is 0.479 e. The molecule has 5 heterocycles. The van der Waals surface area contributed by atoms with Gasteiger partial charge in [-0.25, -0.2) is 18.3 Å². The van der Waals surface area contributed by atoms with Crippen LogP contribution in [0.2, 0.25) is 0 Å². The minimum atomic E-state index is -0.558. The molecule has 0 aliphatic carbocycles. The normalized spacial score (nSPS) is 17.8. The number of ether oxygens (including phenoxy) is 2. The van der Waals surface area contributed by atoms with Gasteiger partial charge in [-0.05, 0) is 36.6 Å². The first-order valence-corrected chi connectivity index (χ1v) is 11.9. The van der Waals surface area contributed by atoms with E-state index in [1.54, 1.807) is 22.4 Å². The zero-order valence-electron chi connectivity index (χ0n) is 19.5. The molecule has 1 aromatic carbocycles. The number of hydrogen-bond donors (Lipinski definition) is 1. The number of piperidine rings is 1. The summed E-state index contributed by atoms with van der Waals surface area (Å²) in [5.41, 5.74) is 2.73. The number of nitrogens with zero attached hydrogens (tertiary/aromatic N) is 6. The highest BCUT2D eigenvalue weighted by Gasteiger charge is 2.30. The average Bonchev–Trinajstić information content (AvgIpc) is 3.44. The number of nitrogens with one attached hydrogen (secondary N) is 1. The van der Waals surface area contributed by atoms with Crippen molar-refractivity contribution in [2.75, 3.05) is 45.4 Å². The molecular weight excluding hydrogens is 456 g/mol. The number of fused-ring (bicyclic) bond motifs is 2. The number of rotatable bonds is 7. The van der Waals surface area contributed by atoms with E-state index in [1.807, 2.05) is 12.1 Å². The van der Waals surface area contributed by atoms with E-state index >= 15 is 0 Å². The third-order valence-electron chi connectivity index (χ3n) is 6.99. The first-order chi connectivity index (χ1) is 17.1. The van der Waals surface area contributed by atoms with Crippen LogP contribution in [0.25, 0.3) is 27.7 Å². The minimum absolute atomic E-state index is 0.116. The van der Waals surface area contributed by atoms with Crippen LogP contribution in [-0.4, -0.2) is 81.2 Å². The lowest BCUT2D eigenvalue weighted by molar-refractivity contribution is -0.0705. The third-order valence-corrected chi connectivity index (χ3v) is 6.99. The number of halogens is 2. The van der Waals surface area contributed by atoms with Crippen LogP contribution >= 0.6 is 0 Å². The Morgan fingerprint density at radius 3 is 2.77 bits per heavy atom. The fraction of sp³-hybridized carbons (Fsp3) is 0.458. The van der Waals surface area contributed by atoms with Gasteiger partial charge in [0.05, 0.1) is 44.8 Å². The number of methoxy groups -OCH3 is 1. The topological polar surface area (TPSA) is 81.7 Å². The predicted molar refractivity (Wildman–Crippen MR) is 127 cm³/mol. The van der Waals surface area contributed by atoms with Gasteiger partial charge in [0.1, 0.15) is 17.7 Å². The van der Waals surface area contributed by atoms with Crippen molar-refractivity contribution >= 4 is 22.5 Å². The van der Waals surface area contributed by atoms with Gasteiger partial charge < -0.3 is 19.4 Å². The van der Waals surface area contributed by atoms with E-state index in [2.05, 4.69) is 25.3 Å². The van der Waals surface area contributed by atoms with E-state index in [-0.39, 0.29) is 18.1 Å². The standard InChI is InChI=1S/C24H27F2N7O2/c1-34-23-22-18(15-10-19(26)21-20(11-15)32(9-5-25)14-27-21)4-8-33(22)30-24(29-23)28-16-2-6-31(7-3-16)17-12-35-13-17/h4,8,10-11,14,16-17H,2-3,5-7,9,12-13H2,1H3,(H,28,30). The van der Waals surface area contributed by atoms with Gasteiger partial charge in [0.25, 0.3) is 0 Å². The fourth-order valence-electron chi connectivity index (χ4n) is 5.00. The van der Waals surface area contributed by atoms with Crippen molar-refractivity contribution in [3.63, 3.8) is 0 Å². The second-order valence-corrected chi connectivity index (χ2v) is 9.07. The molecule has 2 saturated heterocycles. The van der Waals surface area contributed by atoms with Crippen molar-refractivity contribution in [1.29, 1.82) is 0 Å². The van der Waals surface area contributed by atoms with Crippen LogP contribution in [0.1, 0.15) is 12.8 Å². The molecule has 4 aromatic rings. The van der Waals surface area contributed by atoms with Crippen molar-refractivity contribution in [1.82, 2.24) is 29.0 Å². The van der Waals surface area contributed by atoms with Gasteiger partial charge in [-0.3, -0.25) is 4.90 Å². The van der Waals surface area contributed by atoms with Gasteiger partial charge in [0, 0.05) is 30.9 Å². The molecule has 184 valence electrons. The molecule has 6 rings (SSSR count). The first kappa shape index (κ1) is 22.2. The lowest BCUT2D eigenvalue weighted by Crippen LogP contribution is -2.53. The van der Waals surface area contributed by atoms with Crippen LogP contribution in [-0.2, 0) is 11.3 Å². The maximum Gasteiger partial charge on any atom is 0.244 e. The summed E-state index contributed by atoms with van der Waals surface area (Å²) in [6.07, 6.45) is 5.27. The second kappa shape index (κ2) is 9.04. The smallest absolute Gasteiger partial charge is 0.244 e. The van der Waals surface area contributed by atoms with Crippen molar-refractivity contribution in [2.45, 2.75) is 31.5 Å². The fourth-order valence-corrected chi connectivity index (χ4v) is 5.00. The van der Waals surface area contributed by atoms with Crippen molar-refractivity contribution in [2.24, 2.45) is 0 Å². The summed E-state index contributed by atoms with van der Waals surface area (Å²) in [5, 5.41) is 8.10. The van der Waals surface area contributed by atoms with Gasteiger partial charge >= 0.3 is 0 Å². The van der Waals surface area contributed by atoms with Gasteiger partial charge in [-0.2, -0.15) is 4.98 Å². The van der Waals surface area contributed by atoms with Gasteiger partial charge in [-0.1, -0.05) is 0 Å². The van der Waals surface area contributed by atoms with Crippen molar-refractivity contribution in [3.8, 4) is 17.0 Å². The number of aryl methyl sites for hydroxylation is 1. The van der Waals surface area contributed by atoms with Crippen LogP contribution in [0.3, 0.4) is 0 Å². The summed E-state index contributed by atoms with van der Waals surface area (Å²) >= 11 is 0. The number of anilines is 1. The highest BCUT2D eigenvalue weighted by Crippen LogP contribution is 2.34. The maximum atomic E-state index is 14.8. The molecule has 0 spiro atoms. The molecule has 2 aliphatic rings. The van der Waals surface area contributed by atoms with Crippen LogP contribution in [0, 0.1) is 5.82 Å². The van der Waals surface area contributed by atoms with E-state index in [0.29, 0.717) is 34.5 Å². The Kier molecular flexibility index (Phi) is 5.73. The molecule has 0 unspecified atom stereocenters. The molecule has 0 amide bonds. The van der Waals surface area contributed by atoms with Crippen LogP contribution in [0.5, 0.6) is 5.88 Å². The van der Waals surface area contributed by atoms with Crippen LogP contribution < -0.4 is 10.1 Å². The van der Waals surface area contributed by atoms with Gasteiger partial charge in [0.2, 0.25) is 11.8 Å². The van der Waals surface area contributed by atoms with Crippen LogP contribution in [0.4, 0.5) is 14.7 Å². The summed E-state index contributed by atoms with van der Waals surface area (Å²) in [6, 6.07) is 5.92. The van der Waals surface area contributed by atoms with E-state index < -0.39 is 12.5 Å². The van der Waals surface area contributed by atoms with E-state index in [0.717, 1.165) is 44.7 Å². The molecular formula is C24H27F2N7O2. The zero-order chi connectivity index (χ0) is 23.9. The number of imidazole rings is 1. The molecule has 0 saturated carbocycles. The number of benzene rings is 1. The highest BCUT2D eigenvalue weighted by atomic mass is 19.1. The Morgan fingerprint density at radius 1 is 1.23 bits per heavy atom. The number of likely N-dealkylation sites (tertiary alicyclic amines) is 1. The summed E-state index contributed by atoms with van der Waals surface area (Å²) in [5.74, 6) is 0.418. The quantitative estimate of drug-likeness (QED) is 0.433. The molecule has 0 bridgehead atoms. The van der Waals surface area contributed by atoms with Crippen molar-refractivity contribution < 1.29 is 18.3 Å². The minimum Gasteiger partial charge on any atom is -0.479 e. The lowest BCUT2D eigenvalue weighted by Gasteiger charge is -2.41. The number of alkyl halides is 1. The summed E-state index contributed by atoms with van der Waals surface area (Å²) in [4.78, 5) is 11.2. The molecule has 3 aromatic heterocycles. The second-order valence-electron chi connectivity index (χ2n) is 9.07. The predicted octanol–water partition coefficient (Wildman–Crippen LogP) is 3.14.